The minimum Gasteiger partial charge on any atom is -0.193 e. The first-order chi connectivity index (χ1) is 9.71. The van der Waals surface area contributed by atoms with Gasteiger partial charge in [0.1, 0.15) is 0 Å². The van der Waals surface area contributed by atoms with Crippen molar-refractivity contribution in [3.05, 3.63) is 58.6 Å². The molecule has 21 heavy (non-hydrogen) atoms. The summed E-state index contributed by atoms with van der Waals surface area (Å²) in [6, 6.07) is 10.2. The summed E-state index contributed by atoms with van der Waals surface area (Å²) in [5, 5.41) is 0.277. The summed E-state index contributed by atoms with van der Waals surface area (Å²) in [4.78, 5) is -0.721. The van der Waals surface area contributed by atoms with Crippen LogP contribution in [0, 0.1) is 0 Å². The Kier molecular flexibility index (Phi) is 4.60. The van der Waals surface area contributed by atoms with Crippen LogP contribution in [0.4, 0.5) is 0 Å². The van der Waals surface area contributed by atoms with Gasteiger partial charge in [-0.1, -0.05) is 35.3 Å². The molecule has 0 aliphatic heterocycles. The first-order valence-corrected chi connectivity index (χ1v) is 9.00. The number of hydrogen-bond donors (Lipinski definition) is 0. The normalized spacial score (nSPS) is 12.3. The fourth-order valence-electron chi connectivity index (χ4n) is 1.44. The topological polar surface area (TPSA) is 77.5 Å². The predicted molar refractivity (Wildman–Crippen MR) is 78.4 cm³/mol. The van der Waals surface area contributed by atoms with Gasteiger partial charge in [0.15, 0.2) is 0 Å². The van der Waals surface area contributed by atoms with E-state index in [0.29, 0.717) is 0 Å². The van der Waals surface area contributed by atoms with Crippen LogP contribution in [0.3, 0.4) is 0 Å². The zero-order valence-electron chi connectivity index (χ0n) is 10.2. The lowest BCUT2D eigenvalue weighted by molar-refractivity contribution is 0.462. The molecule has 0 aliphatic rings. The van der Waals surface area contributed by atoms with E-state index in [9.17, 15) is 16.8 Å². The van der Waals surface area contributed by atoms with Crippen molar-refractivity contribution in [2.75, 3.05) is 0 Å². The van der Waals surface area contributed by atoms with Gasteiger partial charge in [0, 0.05) is 10.0 Å². The quantitative estimate of drug-likeness (QED) is 0.830. The van der Waals surface area contributed by atoms with Gasteiger partial charge in [-0.3, -0.25) is 0 Å². The third kappa shape index (κ3) is 3.96. The van der Waals surface area contributed by atoms with Gasteiger partial charge in [-0.15, -0.1) is 3.63 Å². The summed E-state index contributed by atoms with van der Waals surface area (Å²) < 4.78 is 52.2. The molecule has 2 aromatic carbocycles. The Morgan fingerprint density at radius 1 is 0.714 bits per heavy atom. The Labute approximate surface area is 132 Å². The van der Waals surface area contributed by atoms with E-state index < -0.39 is 20.2 Å². The lowest BCUT2D eigenvalue weighted by Crippen LogP contribution is -2.14. The molecule has 5 nitrogen and oxygen atoms in total. The van der Waals surface area contributed by atoms with Crippen LogP contribution in [0.1, 0.15) is 0 Å². The van der Waals surface area contributed by atoms with Crippen molar-refractivity contribution in [3.63, 3.8) is 0 Å². The smallest absolute Gasteiger partial charge is 0.193 e. The van der Waals surface area contributed by atoms with E-state index in [4.69, 9.17) is 23.2 Å². The van der Waals surface area contributed by atoms with Crippen molar-refractivity contribution >= 4 is 43.4 Å². The number of halogens is 2. The average molecular weight is 367 g/mol. The molecule has 0 aliphatic carbocycles. The van der Waals surface area contributed by atoms with Gasteiger partial charge >= 0.3 is 20.2 Å². The highest BCUT2D eigenvalue weighted by Crippen LogP contribution is 2.23. The number of hydrogen-bond acceptors (Lipinski definition) is 5. The second kappa shape index (κ2) is 5.94. The SMILES string of the molecule is O=S(=O)(OS(=O)(=O)c1cccc(Cl)c1)c1cccc(Cl)c1. The number of rotatable bonds is 4. The summed E-state index contributed by atoms with van der Waals surface area (Å²) >= 11 is 11.3. The van der Waals surface area contributed by atoms with Crippen LogP contribution in [0.2, 0.25) is 10.0 Å². The minimum absolute atomic E-state index is 0.139. The van der Waals surface area contributed by atoms with Gasteiger partial charge in [0.2, 0.25) is 0 Å². The third-order valence-corrected chi connectivity index (χ3v) is 5.91. The molecule has 0 unspecified atom stereocenters. The minimum atomic E-state index is -4.52. The van der Waals surface area contributed by atoms with Crippen LogP contribution >= 0.6 is 23.2 Å². The van der Waals surface area contributed by atoms with E-state index in [0.717, 1.165) is 12.1 Å². The molecule has 0 bridgehead atoms. The second-order valence-corrected chi connectivity index (χ2v) is 8.07. The molecule has 9 heteroatoms. The van der Waals surface area contributed by atoms with Crippen LogP contribution in [0.5, 0.6) is 0 Å². The molecule has 0 saturated carbocycles. The van der Waals surface area contributed by atoms with Gasteiger partial charge in [0.25, 0.3) is 0 Å². The maximum Gasteiger partial charge on any atom is 0.311 e. The zero-order chi connectivity index (χ0) is 15.7. The Bertz CT molecular complexity index is 803. The molecule has 0 fully saturated rings. The van der Waals surface area contributed by atoms with E-state index in [1.165, 1.54) is 36.4 Å². The predicted octanol–water partition coefficient (Wildman–Crippen LogP) is 3.09. The molecule has 112 valence electrons. The summed E-state index contributed by atoms with van der Waals surface area (Å²) in [7, 11) is -9.03. The standard InChI is InChI=1S/C12H8Cl2O5S2/c13-9-3-1-5-11(7-9)20(15,16)19-21(17,18)12-6-2-4-10(14)8-12/h1-8H. The molecule has 2 aromatic rings. The average Bonchev–Trinajstić information content (AvgIpc) is 2.37. The van der Waals surface area contributed by atoms with Gasteiger partial charge in [-0.2, -0.15) is 16.8 Å². The second-order valence-electron chi connectivity index (χ2n) is 3.89. The molecule has 2 rings (SSSR count). The van der Waals surface area contributed by atoms with E-state index in [1.807, 2.05) is 0 Å². The van der Waals surface area contributed by atoms with Crippen molar-refractivity contribution in [3.8, 4) is 0 Å². The van der Waals surface area contributed by atoms with Gasteiger partial charge in [-0.25, -0.2) is 0 Å². The van der Waals surface area contributed by atoms with Crippen molar-refractivity contribution in [1.29, 1.82) is 0 Å². The lowest BCUT2D eigenvalue weighted by atomic mass is 10.4. The first-order valence-electron chi connectivity index (χ1n) is 5.43. The Balaban J connectivity index is 2.40. The summed E-state index contributed by atoms with van der Waals surface area (Å²) in [5.74, 6) is 0. The Morgan fingerprint density at radius 2 is 1.10 bits per heavy atom. The van der Waals surface area contributed by atoms with Crippen molar-refractivity contribution in [1.82, 2.24) is 0 Å². The fourth-order valence-corrected chi connectivity index (χ4v) is 4.56. The van der Waals surface area contributed by atoms with E-state index in [2.05, 4.69) is 3.63 Å². The highest BCUT2D eigenvalue weighted by Gasteiger charge is 2.27. The molecule has 0 N–H and O–H groups in total. The lowest BCUT2D eigenvalue weighted by Gasteiger charge is -2.07. The number of benzene rings is 2. The zero-order valence-corrected chi connectivity index (χ0v) is 13.4. The molecule has 0 atom stereocenters. The monoisotopic (exact) mass is 366 g/mol. The van der Waals surface area contributed by atoms with Crippen LogP contribution in [-0.2, 0) is 23.9 Å². The molecular weight excluding hydrogens is 359 g/mol. The maximum atomic E-state index is 12.0. The summed E-state index contributed by atoms with van der Waals surface area (Å²) in [5.41, 5.74) is 0. The van der Waals surface area contributed by atoms with E-state index >= 15 is 0 Å². The van der Waals surface area contributed by atoms with Crippen molar-refractivity contribution in [2.24, 2.45) is 0 Å². The first kappa shape index (κ1) is 16.3. The highest BCUT2D eigenvalue weighted by atomic mass is 35.5. The molecule has 0 saturated heterocycles. The van der Waals surface area contributed by atoms with Crippen LogP contribution in [0.15, 0.2) is 58.3 Å². The molecule has 0 heterocycles. The van der Waals surface area contributed by atoms with Crippen LogP contribution in [-0.4, -0.2) is 16.8 Å². The summed E-state index contributed by atoms with van der Waals surface area (Å²) in [6.45, 7) is 0. The molecule has 0 amide bonds. The Morgan fingerprint density at radius 3 is 1.43 bits per heavy atom. The fraction of sp³-hybridized carbons (Fsp3) is 0. The van der Waals surface area contributed by atoms with Gasteiger partial charge < -0.3 is 0 Å². The highest BCUT2D eigenvalue weighted by molar-refractivity contribution is 7.99. The van der Waals surface area contributed by atoms with Crippen LogP contribution in [0.25, 0.3) is 0 Å². The van der Waals surface area contributed by atoms with Crippen LogP contribution < -0.4 is 0 Å². The largest absolute Gasteiger partial charge is 0.311 e. The maximum absolute atomic E-state index is 12.0. The Hall–Kier alpha value is -1.12. The van der Waals surface area contributed by atoms with Crippen molar-refractivity contribution < 1.29 is 20.5 Å². The van der Waals surface area contributed by atoms with E-state index in [-0.39, 0.29) is 19.8 Å². The van der Waals surface area contributed by atoms with Gasteiger partial charge in [-0.05, 0) is 36.4 Å². The molecule has 0 radical (unpaired) electrons. The molecule has 0 spiro atoms. The molecular formula is C12H8Cl2O5S2. The molecule has 0 aromatic heterocycles. The van der Waals surface area contributed by atoms with Gasteiger partial charge in [0.05, 0.1) is 9.79 Å². The third-order valence-electron chi connectivity index (χ3n) is 2.35. The van der Waals surface area contributed by atoms with Crippen molar-refractivity contribution in [2.45, 2.75) is 9.79 Å². The van der Waals surface area contributed by atoms with E-state index in [1.54, 1.807) is 0 Å². The summed E-state index contributed by atoms with van der Waals surface area (Å²) in [6.07, 6.45) is 0.